The maximum absolute atomic E-state index is 13.9. The third-order valence-corrected chi connectivity index (χ3v) is 11.0. The molecule has 1 aliphatic rings. The van der Waals surface area contributed by atoms with Gasteiger partial charge in [0, 0.05) is 30.9 Å². The molecule has 1 unspecified atom stereocenters. The van der Waals surface area contributed by atoms with Crippen LogP contribution in [0.25, 0.3) is 11.1 Å². The number of amides is 1. The second-order valence-corrected chi connectivity index (χ2v) is 14.5. The summed E-state index contributed by atoms with van der Waals surface area (Å²) in [5.74, 6) is -2.45. The molecule has 4 N–H and O–H groups in total. The van der Waals surface area contributed by atoms with E-state index in [4.69, 9.17) is 5.73 Å². The first kappa shape index (κ1) is 35.0. The smallest absolute Gasteiger partial charge is 0.398 e. The van der Waals surface area contributed by atoms with E-state index in [0.717, 1.165) is 30.3 Å². The number of hydrogen-bond acceptors (Lipinski definition) is 7. The van der Waals surface area contributed by atoms with Gasteiger partial charge in [-0.25, -0.2) is 21.2 Å². The molecule has 5 rings (SSSR count). The van der Waals surface area contributed by atoms with Crippen LogP contribution in [-0.2, 0) is 38.1 Å². The highest BCUT2D eigenvalue weighted by Crippen LogP contribution is 2.38. The molecule has 0 aliphatic carbocycles. The minimum atomic E-state index is -4.80. The number of halogens is 4. The van der Waals surface area contributed by atoms with Crippen LogP contribution in [0.3, 0.4) is 0 Å². The van der Waals surface area contributed by atoms with Crippen LogP contribution >= 0.6 is 0 Å². The molecule has 48 heavy (non-hydrogen) atoms. The Kier molecular flexibility index (Phi) is 9.97. The number of hydrogen-bond donors (Lipinski definition) is 4. The Hall–Kier alpha value is -4.31. The van der Waals surface area contributed by atoms with E-state index >= 15 is 0 Å². The molecule has 4 aromatic rings. The van der Waals surface area contributed by atoms with Gasteiger partial charge in [0.15, 0.2) is 10.7 Å². The molecule has 0 spiro atoms. The van der Waals surface area contributed by atoms with Crippen LogP contribution < -0.4 is 11.1 Å². The zero-order valence-electron chi connectivity index (χ0n) is 25.2. The summed E-state index contributed by atoms with van der Waals surface area (Å²) in [4.78, 5) is 13.8. The lowest BCUT2D eigenvalue weighted by molar-refractivity contribution is -0.142. The summed E-state index contributed by atoms with van der Waals surface area (Å²) >= 11 is 0. The number of nitrogens with two attached hydrogens (primary N) is 1. The highest BCUT2D eigenvalue weighted by Gasteiger charge is 2.46. The molecule has 0 aromatic heterocycles. The minimum Gasteiger partial charge on any atom is -0.398 e. The van der Waals surface area contributed by atoms with E-state index in [1.807, 2.05) is 0 Å². The van der Waals surface area contributed by atoms with Crippen molar-refractivity contribution in [3.8, 4) is 11.1 Å². The Morgan fingerprint density at radius 3 is 2.17 bits per heavy atom. The molecular formula is C33H31F4N3O6S2. The Morgan fingerprint density at radius 1 is 0.917 bits per heavy atom. The van der Waals surface area contributed by atoms with Crippen molar-refractivity contribution in [1.82, 2.24) is 4.31 Å². The van der Waals surface area contributed by atoms with Gasteiger partial charge in [-0.15, -0.1) is 0 Å². The standard InChI is InChI=1S/C33H31F4N3O6S2/c34-25-7-10-28(11-8-25)48(45,46)40-15-13-24(14-16-40)32(42,31(41)39-26-9-12-30(38)29(19-26)33(35,36)37)20-21-3-1-4-22(17-21)23-5-2-6-27(18-23)47(43)44/h1-12,17-19,24,42,47H,13-16,20,38H2,(H,39,41). The molecule has 15 heteroatoms. The number of thiol groups is 1. The Labute approximate surface area is 276 Å². The largest absolute Gasteiger partial charge is 0.418 e. The van der Waals surface area contributed by atoms with E-state index in [9.17, 15) is 44.3 Å². The van der Waals surface area contributed by atoms with E-state index in [0.29, 0.717) is 22.8 Å². The summed E-state index contributed by atoms with van der Waals surface area (Å²) in [6.07, 6.45) is -5.09. The number of rotatable bonds is 9. The SMILES string of the molecule is Nc1ccc(NC(=O)C(O)(Cc2cccc(-c3cccc([SH](=O)=O)c3)c2)C2CCN(S(=O)(=O)c3ccc(F)cc3)CC2)cc1C(F)(F)F. The highest BCUT2D eigenvalue weighted by atomic mass is 32.2. The molecule has 0 radical (unpaired) electrons. The van der Waals surface area contributed by atoms with Crippen molar-refractivity contribution in [2.75, 3.05) is 24.1 Å². The lowest BCUT2D eigenvalue weighted by atomic mass is 9.76. The number of benzene rings is 4. The predicted octanol–water partition coefficient (Wildman–Crippen LogP) is 5.08. The monoisotopic (exact) mass is 705 g/mol. The summed E-state index contributed by atoms with van der Waals surface area (Å²) < 4.78 is 105. The third kappa shape index (κ3) is 7.54. The minimum absolute atomic E-state index is 0.0121. The van der Waals surface area contributed by atoms with Gasteiger partial charge in [-0.1, -0.05) is 36.4 Å². The summed E-state index contributed by atoms with van der Waals surface area (Å²) in [6.45, 7) is -0.194. The number of carbonyl (C=O) groups is 1. The van der Waals surface area contributed by atoms with E-state index in [-0.39, 0.29) is 47.8 Å². The highest BCUT2D eigenvalue weighted by molar-refractivity contribution is 7.89. The number of nitrogen functional groups attached to an aromatic ring is 1. The van der Waals surface area contributed by atoms with Crippen molar-refractivity contribution in [1.29, 1.82) is 0 Å². The van der Waals surface area contributed by atoms with Gasteiger partial charge in [0.1, 0.15) is 11.4 Å². The summed E-state index contributed by atoms with van der Waals surface area (Å²) in [6, 6.07) is 20.0. The first-order valence-corrected chi connectivity index (χ1v) is 17.3. The van der Waals surface area contributed by atoms with Crippen molar-refractivity contribution in [2.24, 2.45) is 5.92 Å². The first-order valence-electron chi connectivity index (χ1n) is 14.7. The molecule has 0 bridgehead atoms. The van der Waals surface area contributed by atoms with Gasteiger partial charge in [-0.2, -0.15) is 17.5 Å². The van der Waals surface area contributed by atoms with E-state index < -0.39 is 61.4 Å². The van der Waals surface area contributed by atoms with Crippen molar-refractivity contribution >= 4 is 38.0 Å². The van der Waals surface area contributed by atoms with E-state index in [2.05, 4.69) is 5.32 Å². The van der Waals surface area contributed by atoms with E-state index in [1.165, 1.54) is 22.5 Å². The normalized spacial score (nSPS) is 16.0. The third-order valence-electron chi connectivity index (χ3n) is 8.38. The fourth-order valence-corrected chi connectivity index (χ4v) is 7.75. The van der Waals surface area contributed by atoms with Gasteiger partial charge in [-0.05, 0) is 90.0 Å². The van der Waals surface area contributed by atoms with Crippen LogP contribution in [0.4, 0.5) is 28.9 Å². The Morgan fingerprint density at radius 2 is 1.54 bits per heavy atom. The number of nitrogens with one attached hydrogen (secondary N) is 1. The Bertz CT molecular complexity index is 2000. The lowest BCUT2D eigenvalue weighted by Crippen LogP contribution is -2.54. The van der Waals surface area contributed by atoms with Crippen LogP contribution in [0.2, 0.25) is 0 Å². The average Bonchev–Trinajstić information content (AvgIpc) is 3.05. The quantitative estimate of drug-likeness (QED) is 0.108. The Balaban J connectivity index is 1.46. The molecule has 9 nitrogen and oxygen atoms in total. The number of sulfonamides is 1. The summed E-state index contributed by atoms with van der Waals surface area (Å²) in [5, 5.41) is 14.6. The van der Waals surface area contributed by atoms with Gasteiger partial charge >= 0.3 is 6.18 Å². The topological polar surface area (TPSA) is 147 Å². The second-order valence-electron chi connectivity index (χ2n) is 11.5. The number of carbonyl (C=O) groups excluding carboxylic acids is 1. The van der Waals surface area contributed by atoms with Crippen LogP contribution in [0.15, 0.2) is 101 Å². The zero-order valence-corrected chi connectivity index (χ0v) is 26.9. The molecule has 1 amide bonds. The van der Waals surface area contributed by atoms with Crippen molar-refractivity contribution in [3.63, 3.8) is 0 Å². The van der Waals surface area contributed by atoms with Gasteiger partial charge in [0.2, 0.25) is 10.0 Å². The zero-order chi connectivity index (χ0) is 34.9. The maximum Gasteiger partial charge on any atom is 0.418 e. The van der Waals surface area contributed by atoms with E-state index in [1.54, 1.807) is 36.4 Å². The molecule has 0 saturated carbocycles. The fraction of sp³-hybridized carbons (Fsp3) is 0.242. The van der Waals surface area contributed by atoms with Gasteiger partial charge in [-0.3, -0.25) is 4.79 Å². The molecule has 1 fully saturated rings. The van der Waals surface area contributed by atoms with Crippen molar-refractivity contribution in [3.05, 3.63) is 108 Å². The number of anilines is 2. The molecule has 1 atom stereocenters. The molecule has 4 aromatic carbocycles. The molecular weight excluding hydrogens is 675 g/mol. The van der Waals surface area contributed by atoms with Gasteiger partial charge in [0.25, 0.3) is 5.91 Å². The van der Waals surface area contributed by atoms with Crippen LogP contribution in [-0.4, -0.2) is 50.8 Å². The molecule has 1 saturated heterocycles. The average molecular weight is 706 g/mol. The summed E-state index contributed by atoms with van der Waals surface area (Å²) in [7, 11) is -6.87. The predicted molar refractivity (Wildman–Crippen MR) is 171 cm³/mol. The number of piperidine rings is 1. The number of alkyl halides is 3. The van der Waals surface area contributed by atoms with Crippen molar-refractivity contribution < 1.29 is 44.3 Å². The van der Waals surface area contributed by atoms with Crippen LogP contribution in [0.5, 0.6) is 0 Å². The maximum atomic E-state index is 13.9. The van der Waals surface area contributed by atoms with Crippen molar-refractivity contribution in [2.45, 2.75) is 40.8 Å². The van der Waals surface area contributed by atoms with Gasteiger partial charge < -0.3 is 16.2 Å². The lowest BCUT2D eigenvalue weighted by Gasteiger charge is -2.40. The van der Waals surface area contributed by atoms with Crippen LogP contribution in [0.1, 0.15) is 24.0 Å². The fourth-order valence-electron chi connectivity index (χ4n) is 5.83. The van der Waals surface area contributed by atoms with Crippen LogP contribution in [0, 0.1) is 11.7 Å². The molecule has 1 heterocycles. The molecule has 1 aliphatic heterocycles. The molecule has 254 valence electrons. The summed E-state index contributed by atoms with van der Waals surface area (Å²) in [5.41, 5.74) is 2.90. The number of aliphatic hydroxyl groups is 1. The second kappa shape index (κ2) is 13.7. The number of nitrogens with zero attached hydrogens (tertiary/aromatic N) is 1. The first-order chi connectivity index (χ1) is 22.6. The van der Waals surface area contributed by atoms with Gasteiger partial charge in [0.05, 0.1) is 15.4 Å².